The number of hydrogen-bond donors (Lipinski definition) is 1. The van der Waals surface area contributed by atoms with Crippen molar-refractivity contribution in [2.24, 2.45) is 17.3 Å². The van der Waals surface area contributed by atoms with Crippen LogP contribution in [0.15, 0.2) is 0 Å². The molecule has 0 bridgehead atoms. The lowest BCUT2D eigenvalue weighted by molar-refractivity contribution is -0.0635. The summed E-state index contributed by atoms with van der Waals surface area (Å²) in [5, 5.41) is 0. The third-order valence-electron chi connectivity index (χ3n) is 5.02. The van der Waals surface area contributed by atoms with Crippen LogP contribution in [0, 0.1) is 17.3 Å². The van der Waals surface area contributed by atoms with Crippen molar-refractivity contribution in [2.45, 2.75) is 26.7 Å². The second kappa shape index (κ2) is 9.09. The molecule has 1 heterocycles. The second-order valence-corrected chi connectivity index (χ2v) is 10.5. The zero-order valence-corrected chi connectivity index (χ0v) is 17.1. The van der Waals surface area contributed by atoms with Crippen molar-refractivity contribution in [2.75, 3.05) is 52.0 Å². The van der Waals surface area contributed by atoms with Gasteiger partial charge in [-0.15, -0.1) is 0 Å². The summed E-state index contributed by atoms with van der Waals surface area (Å²) in [5.74, 6) is 1.26. The Kier molecular flexibility index (Phi) is 8.29. The van der Waals surface area contributed by atoms with Gasteiger partial charge in [0.25, 0.3) is 20.2 Å². The maximum atomic E-state index is 11.0. The van der Waals surface area contributed by atoms with E-state index in [0.717, 1.165) is 45.5 Å². The first-order valence-corrected chi connectivity index (χ1v) is 12.0. The minimum absolute atomic E-state index is 0.277. The Bertz CT molecular complexity index is 602. The number of morpholine rings is 1. The van der Waals surface area contributed by atoms with Gasteiger partial charge in [-0.2, -0.15) is 16.8 Å². The molecule has 0 spiro atoms. The van der Waals surface area contributed by atoms with Crippen LogP contribution in [0.4, 0.5) is 0 Å². The van der Waals surface area contributed by atoms with E-state index in [0.29, 0.717) is 24.7 Å². The Hall–Kier alpha value is -0.260. The zero-order valence-electron chi connectivity index (χ0n) is 15.5. The van der Waals surface area contributed by atoms with Crippen LogP contribution in [-0.4, -0.2) is 78.3 Å². The van der Waals surface area contributed by atoms with Crippen molar-refractivity contribution in [3.05, 3.63) is 0 Å². The molecule has 8 nitrogen and oxygen atoms in total. The Morgan fingerprint density at radius 2 is 1.64 bits per heavy atom. The average Bonchev–Trinajstić information content (AvgIpc) is 2.43. The largest absolute Gasteiger partial charge is 0.379 e. The predicted molar refractivity (Wildman–Crippen MR) is 95.5 cm³/mol. The molecule has 1 aliphatic carbocycles. The van der Waals surface area contributed by atoms with Gasteiger partial charge in [-0.05, 0) is 30.1 Å². The fourth-order valence-electron chi connectivity index (χ4n) is 3.36. The first-order chi connectivity index (χ1) is 11.3. The van der Waals surface area contributed by atoms with Crippen LogP contribution < -0.4 is 0 Å². The molecule has 0 aromatic carbocycles. The summed E-state index contributed by atoms with van der Waals surface area (Å²) >= 11 is 0. The Balaban J connectivity index is 0.000000550. The highest BCUT2D eigenvalue weighted by molar-refractivity contribution is 7.86. The van der Waals surface area contributed by atoms with Crippen molar-refractivity contribution < 1.29 is 30.3 Å². The molecule has 0 radical (unpaired) electrons. The van der Waals surface area contributed by atoms with Gasteiger partial charge in [-0.25, -0.2) is 0 Å². The van der Waals surface area contributed by atoms with E-state index in [4.69, 9.17) is 13.5 Å². The number of nitrogens with zero attached hydrogens (tertiary/aromatic N) is 1. The Morgan fingerprint density at radius 1 is 1.12 bits per heavy atom. The van der Waals surface area contributed by atoms with E-state index >= 15 is 0 Å². The summed E-state index contributed by atoms with van der Waals surface area (Å²) in [7, 11) is -6.97. The van der Waals surface area contributed by atoms with E-state index in [1.807, 2.05) is 0 Å². The molecule has 2 fully saturated rings. The van der Waals surface area contributed by atoms with Crippen LogP contribution in [-0.2, 0) is 29.2 Å². The molecule has 10 heteroatoms. The summed E-state index contributed by atoms with van der Waals surface area (Å²) in [4.78, 5) is 2.49. The quantitative estimate of drug-likeness (QED) is 0.515. The highest BCUT2D eigenvalue weighted by Gasteiger charge is 2.47. The lowest BCUT2D eigenvalue weighted by Gasteiger charge is -2.54. The fraction of sp³-hybridized carbons (Fsp3) is 1.00. The number of ether oxygens (including phenoxy) is 1. The molecule has 1 saturated carbocycles. The van der Waals surface area contributed by atoms with Crippen molar-refractivity contribution >= 4 is 20.2 Å². The van der Waals surface area contributed by atoms with Crippen LogP contribution in [0.3, 0.4) is 0 Å². The minimum Gasteiger partial charge on any atom is -0.379 e. The molecule has 0 unspecified atom stereocenters. The molecule has 1 saturated heterocycles. The van der Waals surface area contributed by atoms with E-state index < -0.39 is 20.2 Å². The van der Waals surface area contributed by atoms with Crippen LogP contribution in [0.25, 0.3) is 0 Å². The third-order valence-corrected chi connectivity index (χ3v) is 5.61. The first-order valence-electron chi connectivity index (χ1n) is 8.36. The average molecular weight is 402 g/mol. The molecule has 150 valence electrons. The zero-order chi connectivity index (χ0) is 19.3. The number of hydrogen-bond acceptors (Lipinski definition) is 7. The normalized spacial score (nSPS) is 27.1. The van der Waals surface area contributed by atoms with Crippen LogP contribution in [0.1, 0.15) is 26.7 Å². The van der Waals surface area contributed by atoms with Crippen molar-refractivity contribution in [3.63, 3.8) is 0 Å². The minimum atomic E-state index is -3.67. The monoisotopic (exact) mass is 401 g/mol. The Labute approximate surface area is 151 Å². The molecular weight excluding hydrogens is 370 g/mol. The smallest absolute Gasteiger partial charge is 0.264 e. The SMILES string of the molecule is CC1(C)[C@@H](CCOS(C)(=O)=O)C[C@H]1CN1CCOCC1.CS(=O)(=O)O. The first kappa shape index (κ1) is 22.8. The summed E-state index contributed by atoms with van der Waals surface area (Å²) in [5.41, 5.74) is 0.277. The number of rotatable bonds is 6. The van der Waals surface area contributed by atoms with Crippen LogP contribution >= 0.6 is 0 Å². The maximum Gasteiger partial charge on any atom is 0.264 e. The topological polar surface area (TPSA) is 110 Å². The van der Waals surface area contributed by atoms with Gasteiger partial charge >= 0.3 is 0 Å². The second-order valence-electron chi connectivity index (χ2n) is 7.41. The highest BCUT2D eigenvalue weighted by Crippen LogP contribution is 2.53. The van der Waals surface area contributed by atoms with Crippen molar-refractivity contribution in [1.29, 1.82) is 0 Å². The molecule has 1 aliphatic heterocycles. The predicted octanol–water partition coefficient (Wildman–Crippen LogP) is 0.851. The van der Waals surface area contributed by atoms with Gasteiger partial charge in [0.15, 0.2) is 0 Å². The van der Waals surface area contributed by atoms with Gasteiger partial charge in [-0.3, -0.25) is 13.6 Å². The summed E-state index contributed by atoms with van der Waals surface area (Å²) < 4.78 is 58.0. The van der Waals surface area contributed by atoms with Gasteiger partial charge in [0.2, 0.25) is 0 Å². The van der Waals surface area contributed by atoms with Crippen molar-refractivity contribution in [3.8, 4) is 0 Å². The van der Waals surface area contributed by atoms with E-state index in [1.54, 1.807) is 0 Å². The fourth-order valence-corrected chi connectivity index (χ4v) is 3.76. The van der Waals surface area contributed by atoms with E-state index in [9.17, 15) is 16.8 Å². The molecule has 2 atom stereocenters. The van der Waals surface area contributed by atoms with Gasteiger partial charge in [0, 0.05) is 19.6 Å². The van der Waals surface area contributed by atoms with E-state index in [2.05, 4.69) is 18.7 Å². The Morgan fingerprint density at radius 3 is 2.08 bits per heavy atom. The molecule has 2 aliphatic rings. The van der Waals surface area contributed by atoms with Gasteiger partial charge in [0.05, 0.1) is 32.3 Å². The van der Waals surface area contributed by atoms with Crippen LogP contribution in [0.5, 0.6) is 0 Å². The molecule has 1 N–H and O–H groups in total. The molecule has 2 rings (SSSR count). The summed E-state index contributed by atoms with van der Waals surface area (Å²) in [6.45, 7) is 9.82. The highest BCUT2D eigenvalue weighted by atomic mass is 32.2. The molecular formula is C15H31NO7S2. The standard InChI is InChI=1S/C14H27NO4S.CH4O3S/c1-14(2)12(4-7-19-20(3,16)17)10-13(14)11-15-5-8-18-9-6-15;1-5(2,3)4/h12-13H,4-11H2,1-3H3;1H3,(H,2,3,4)/t12-,13-;/m0./s1. The van der Waals surface area contributed by atoms with E-state index in [1.165, 1.54) is 6.42 Å². The lowest BCUT2D eigenvalue weighted by Crippen LogP contribution is -2.52. The van der Waals surface area contributed by atoms with Crippen LogP contribution in [0.2, 0.25) is 0 Å². The van der Waals surface area contributed by atoms with Crippen molar-refractivity contribution in [1.82, 2.24) is 4.90 Å². The summed E-state index contributed by atoms with van der Waals surface area (Å²) in [6, 6.07) is 0. The molecule has 0 aromatic rings. The lowest BCUT2D eigenvalue weighted by atomic mass is 9.54. The summed E-state index contributed by atoms with van der Waals surface area (Å²) in [6.07, 6.45) is 3.84. The molecule has 0 amide bonds. The van der Waals surface area contributed by atoms with Gasteiger partial charge in [-0.1, -0.05) is 13.8 Å². The maximum absolute atomic E-state index is 11.0. The van der Waals surface area contributed by atoms with Gasteiger partial charge < -0.3 is 4.74 Å². The van der Waals surface area contributed by atoms with E-state index in [-0.39, 0.29) is 5.41 Å². The molecule has 25 heavy (non-hydrogen) atoms. The molecule has 0 aromatic heterocycles. The van der Waals surface area contributed by atoms with Gasteiger partial charge in [0.1, 0.15) is 0 Å². The third kappa shape index (κ3) is 9.30.